The fourth-order valence-electron chi connectivity index (χ4n) is 1.36. The molecule has 3 nitrogen and oxygen atoms in total. The van der Waals surface area contributed by atoms with Gasteiger partial charge in [-0.3, -0.25) is 4.79 Å². The van der Waals surface area contributed by atoms with Gasteiger partial charge < -0.3 is 10.8 Å². The third-order valence-corrected chi connectivity index (χ3v) is 2.00. The van der Waals surface area contributed by atoms with E-state index in [1.54, 1.807) is 0 Å². The van der Waals surface area contributed by atoms with Gasteiger partial charge in [0.15, 0.2) is 0 Å². The minimum Gasteiger partial charge on any atom is -0.481 e. The number of aliphatic carboxylic acids is 1. The van der Waals surface area contributed by atoms with Gasteiger partial charge in [0.05, 0.1) is 0 Å². The molecule has 0 radical (unpaired) electrons. The second-order valence-electron chi connectivity index (χ2n) is 3.73. The van der Waals surface area contributed by atoms with Crippen LogP contribution in [0.5, 0.6) is 0 Å². The molecule has 0 bridgehead atoms. The summed E-state index contributed by atoms with van der Waals surface area (Å²) in [6.45, 7) is 3.24. The van der Waals surface area contributed by atoms with Gasteiger partial charge in [0, 0.05) is 12.5 Å². The van der Waals surface area contributed by atoms with Crippen LogP contribution >= 0.6 is 0 Å². The summed E-state index contributed by atoms with van der Waals surface area (Å²) in [5, 5.41) is 7.42. The molecule has 72 valence electrons. The number of carbonyl (C=O) groups is 1. The van der Waals surface area contributed by atoms with E-state index in [0.29, 0.717) is 0 Å². The summed E-state index contributed by atoms with van der Waals surface area (Å²) < 4.78 is 0. The first-order valence-electron chi connectivity index (χ1n) is 4.42. The molecule has 1 aliphatic rings. The fraction of sp³-hybridized carbons (Fsp3) is 0.889. The maximum atomic E-state index is 9.00. The zero-order valence-electron chi connectivity index (χ0n) is 7.97. The lowest BCUT2D eigenvalue weighted by atomic mass is 9.84. The number of hydrogen-bond donors (Lipinski definition) is 2. The molecule has 1 fully saturated rings. The maximum absolute atomic E-state index is 9.00. The molecule has 0 aromatic rings. The molecule has 0 heterocycles. The van der Waals surface area contributed by atoms with Crippen molar-refractivity contribution in [2.24, 2.45) is 5.73 Å². The van der Waals surface area contributed by atoms with Crippen LogP contribution in [-0.4, -0.2) is 16.6 Å². The smallest absolute Gasteiger partial charge is 0.300 e. The van der Waals surface area contributed by atoms with Crippen molar-refractivity contribution in [3.8, 4) is 0 Å². The molecule has 3 N–H and O–H groups in total. The van der Waals surface area contributed by atoms with E-state index in [-0.39, 0.29) is 5.54 Å². The van der Waals surface area contributed by atoms with Gasteiger partial charge in [-0.1, -0.05) is 19.3 Å². The summed E-state index contributed by atoms with van der Waals surface area (Å²) in [5.74, 6) is -0.833. The van der Waals surface area contributed by atoms with Gasteiger partial charge in [-0.05, 0) is 19.8 Å². The first kappa shape index (κ1) is 11.4. The van der Waals surface area contributed by atoms with Crippen LogP contribution in [0.3, 0.4) is 0 Å². The number of carboxylic acid groups (broad SMARTS) is 1. The molecule has 0 amide bonds. The van der Waals surface area contributed by atoms with Crippen molar-refractivity contribution >= 4 is 5.97 Å². The maximum Gasteiger partial charge on any atom is 0.300 e. The minimum absolute atomic E-state index is 0.179. The second kappa shape index (κ2) is 5.14. The Bertz CT molecular complexity index is 131. The van der Waals surface area contributed by atoms with Crippen LogP contribution in [0.15, 0.2) is 0 Å². The van der Waals surface area contributed by atoms with E-state index in [2.05, 4.69) is 6.92 Å². The number of rotatable bonds is 0. The molecular weight excluding hydrogens is 154 g/mol. The second-order valence-corrected chi connectivity index (χ2v) is 3.73. The quantitative estimate of drug-likeness (QED) is 0.586. The van der Waals surface area contributed by atoms with Gasteiger partial charge in [-0.2, -0.15) is 0 Å². The lowest BCUT2D eigenvalue weighted by Gasteiger charge is -2.28. The van der Waals surface area contributed by atoms with Crippen molar-refractivity contribution < 1.29 is 9.90 Å². The van der Waals surface area contributed by atoms with Gasteiger partial charge in [-0.15, -0.1) is 0 Å². The van der Waals surface area contributed by atoms with Gasteiger partial charge in [0.2, 0.25) is 0 Å². The van der Waals surface area contributed by atoms with Crippen LogP contribution in [0.1, 0.15) is 46.0 Å². The normalized spacial score (nSPS) is 20.6. The zero-order chi connectivity index (χ0) is 9.61. The largest absolute Gasteiger partial charge is 0.481 e. The zero-order valence-corrected chi connectivity index (χ0v) is 7.97. The molecule has 0 unspecified atom stereocenters. The molecule has 0 aromatic carbocycles. The van der Waals surface area contributed by atoms with Crippen molar-refractivity contribution in [3.05, 3.63) is 0 Å². The summed E-state index contributed by atoms with van der Waals surface area (Å²) in [5.41, 5.74) is 6.06. The van der Waals surface area contributed by atoms with E-state index < -0.39 is 5.97 Å². The van der Waals surface area contributed by atoms with Gasteiger partial charge >= 0.3 is 0 Å². The van der Waals surface area contributed by atoms with Gasteiger partial charge in [-0.25, -0.2) is 0 Å². The monoisotopic (exact) mass is 173 g/mol. The van der Waals surface area contributed by atoms with E-state index in [1.807, 2.05) is 0 Å². The molecule has 1 saturated carbocycles. The molecule has 1 rings (SSSR count). The molecule has 0 atom stereocenters. The minimum atomic E-state index is -0.833. The van der Waals surface area contributed by atoms with E-state index >= 15 is 0 Å². The Labute approximate surface area is 74.0 Å². The Balaban J connectivity index is 0.000000261. The topological polar surface area (TPSA) is 63.3 Å². The number of nitrogens with two attached hydrogens (primary N) is 1. The Morgan fingerprint density at radius 2 is 1.67 bits per heavy atom. The molecular formula is C9H19NO2. The molecule has 0 spiro atoms. The van der Waals surface area contributed by atoms with Crippen LogP contribution < -0.4 is 5.73 Å². The van der Waals surface area contributed by atoms with Crippen molar-refractivity contribution in [1.29, 1.82) is 0 Å². The lowest BCUT2D eigenvalue weighted by Crippen LogP contribution is -2.37. The summed E-state index contributed by atoms with van der Waals surface area (Å²) in [6, 6.07) is 0. The highest BCUT2D eigenvalue weighted by atomic mass is 16.4. The third kappa shape index (κ3) is 7.54. The highest BCUT2D eigenvalue weighted by molar-refractivity contribution is 5.62. The van der Waals surface area contributed by atoms with Crippen LogP contribution in [0.2, 0.25) is 0 Å². The van der Waals surface area contributed by atoms with E-state index in [0.717, 1.165) is 6.92 Å². The summed E-state index contributed by atoms with van der Waals surface area (Å²) >= 11 is 0. The van der Waals surface area contributed by atoms with Crippen LogP contribution in [-0.2, 0) is 4.79 Å². The molecule has 0 aliphatic heterocycles. The van der Waals surface area contributed by atoms with Gasteiger partial charge in [0.25, 0.3) is 5.97 Å². The van der Waals surface area contributed by atoms with Crippen molar-refractivity contribution in [2.45, 2.75) is 51.5 Å². The van der Waals surface area contributed by atoms with Crippen molar-refractivity contribution in [3.63, 3.8) is 0 Å². The van der Waals surface area contributed by atoms with Crippen LogP contribution in [0.25, 0.3) is 0 Å². The van der Waals surface area contributed by atoms with Crippen molar-refractivity contribution in [1.82, 2.24) is 0 Å². The molecule has 0 aromatic heterocycles. The predicted octanol–water partition coefficient (Wildman–Crippen LogP) is 1.76. The Morgan fingerprint density at radius 3 is 1.83 bits per heavy atom. The summed E-state index contributed by atoms with van der Waals surface area (Å²) in [6.07, 6.45) is 6.53. The highest BCUT2D eigenvalue weighted by Crippen LogP contribution is 2.24. The Hall–Kier alpha value is -0.570. The average Bonchev–Trinajstić information content (AvgIpc) is 1.85. The summed E-state index contributed by atoms with van der Waals surface area (Å²) in [4.78, 5) is 9.00. The van der Waals surface area contributed by atoms with Gasteiger partial charge in [0.1, 0.15) is 0 Å². The van der Waals surface area contributed by atoms with Crippen LogP contribution in [0, 0.1) is 0 Å². The Kier molecular flexibility index (Phi) is 4.90. The molecule has 3 heteroatoms. The fourth-order valence-corrected chi connectivity index (χ4v) is 1.36. The molecule has 0 saturated heterocycles. The van der Waals surface area contributed by atoms with Crippen LogP contribution in [0.4, 0.5) is 0 Å². The van der Waals surface area contributed by atoms with E-state index in [9.17, 15) is 0 Å². The summed E-state index contributed by atoms with van der Waals surface area (Å²) in [7, 11) is 0. The Morgan fingerprint density at radius 1 is 1.33 bits per heavy atom. The predicted molar refractivity (Wildman–Crippen MR) is 49.0 cm³/mol. The molecule has 1 aliphatic carbocycles. The average molecular weight is 173 g/mol. The third-order valence-electron chi connectivity index (χ3n) is 2.00. The van der Waals surface area contributed by atoms with Crippen molar-refractivity contribution in [2.75, 3.05) is 0 Å². The molecule has 12 heavy (non-hydrogen) atoms. The number of carboxylic acids is 1. The first-order chi connectivity index (χ1) is 5.44. The highest BCUT2D eigenvalue weighted by Gasteiger charge is 2.20. The standard InChI is InChI=1S/C7H15N.C2H4O2/c1-7(8)5-3-2-4-6-7;1-2(3)4/h2-6,8H2,1H3;1H3,(H,3,4). The number of hydrogen-bond acceptors (Lipinski definition) is 2. The van der Waals surface area contributed by atoms with E-state index in [4.69, 9.17) is 15.6 Å². The lowest BCUT2D eigenvalue weighted by molar-refractivity contribution is -0.134. The van der Waals surface area contributed by atoms with E-state index in [1.165, 1.54) is 32.1 Å². The SMILES string of the molecule is CC(=O)O.CC1(N)CCCCC1. The first-order valence-corrected chi connectivity index (χ1v) is 4.42.